The molecular weight excluding hydrogens is 246 g/mol. The molecular formula is C15H20ClNO. The van der Waals surface area contributed by atoms with Crippen LogP contribution in [-0.2, 0) is 0 Å². The first-order chi connectivity index (χ1) is 8.76. The van der Waals surface area contributed by atoms with Crippen LogP contribution in [0.3, 0.4) is 0 Å². The Hall–Kier alpha value is -1.02. The fourth-order valence-electron chi connectivity index (χ4n) is 2.81. The molecule has 0 aromatic heterocycles. The molecule has 1 aromatic carbocycles. The van der Waals surface area contributed by atoms with Crippen molar-refractivity contribution in [3.8, 4) is 0 Å². The molecule has 2 rings (SSSR count). The van der Waals surface area contributed by atoms with Crippen molar-refractivity contribution in [1.29, 1.82) is 0 Å². The highest BCUT2D eigenvalue weighted by Gasteiger charge is 2.21. The first kappa shape index (κ1) is 13.4. The number of halogens is 1. The highest BCUT2D eigenvalue weighted by atomic mass is 35.5. The van der Waals surface area contributed by atoms with Gasteiger partial charge in [-0.05, 0) is 30.9 Å². The molecule has 0 amide bonds. The molecule has 0 N–H and O–H groups in total. The second-order valence-corrected chi connectivity index (χ2v) is 5.42. The van der Waals surface area contributed by atoms with Gasteiger partial charge < -0.3 is 4.90 Å². The number of carbonyl (C=O) groups excluding carboxylic acids is 1. The number of para-hydroxylation sites is 1. The van der Waals surface area contributed by atoms with Crippen LogP contribution in [0.5, 0.6) is 0 Å². The molecule has 1 aromatic rings. The van der Waals surface area contributed by atoms with Gasteiger partial charge in [0, 0.05) is 18.7 Å². The number of carbonyl (C=O) groups is 1. The predicted molar refractivity (Wildman–Crippen MR) is 76.7 cm³/mol. The third-order valence-electron chi connectivity index (χ3n) is 3.77. The van der Waals surface area contributed by atoms with Gasteiger partial charge in [0.05, 0.1) is 10.7 Å². The summed E-state index contributed by atoms with van der Waals surface area (Å²) in [6, 6.07) is 5.54. The molecule has 0 atom stereocenters. The van der Waals surface area contributed by atoms with Gasteiger partial charge in [-0.25, -0.2) is 0 Å². The van der Waals surface area contributed by atoms with E-state index in [4.69, 9.17) is 11.6 Å². The lowest BCUT2D eigenvalue weighted by molar-refractivity contribution is 0.112. The highest BCUT2D eigenvalue weighted by molar-refractivity contribution is 6.33. The van der Waals surface area contributed by atoms with Crippen LogP contribution in [0.25, 0.3) is 0 Å². The van der Waals surface area contributed by atoms with Crippen LogP contribution in [-0.4, -0.2) is 19.4 Å². The number of anilines is 1. The second kappa shape index (κ2) is 6.24. The van der Waals surface area contributed by atoms with Gasteiger partial charge in [-0.3, -0.25) is 4.79 Å². The predicted octanol–water partition coefficient (Wildman–Crippen LogP) is 4.17. The maximum absolute atomic E-state index is 11.1. The summed E-state index contributed by atoms with van der Waals surface area (Å²) >= 11 is 6.24. The zero-order chi connectivity index (χ0) is 13.0. The first-order valence-corrected chi connectivity index (χ1v) is 7.12. The second-order valence-electron chi connectivity index (χ2n) is 5.01. The van der Waals surface area contributed by atoms with Crippen LogP contribution in [0.4, 0.5) is 5.69 Å². The molecule has 1 heterocycles. The average molecular weight is 266 g/mol. The molecule has 1 aliphatic rings. The molecule has 1 fully saturated rings. The van der Waals surface area contributed by atoms with E-state index in [9.17, 15) is 4.79 Å². The Morgan fingerprint density at radius 2 is 2.11 bits per heavy atom. The van der Waals surface area contributed by atoms with E-state index in [1.54, 1.807) is 0 Å². The molecule has 0 unspecified atom stereocenters. The monoisotopic (exact) mass is 265 g/mol. The molecule has 0 saturated carbocycles. The Balaban J connectivity index is 2.12. The van der Waals surface area contributed by atoms with Crippen LogP contribution in [0.15, 0.2) is 18.2 Å². The Morgan fingerprint density at radius 1 is 1.39 bits per heavy atom. The molecule has 0 bridgehead atoms. The molecule has 0 aliphatic carbocycles. The number of hydrogen-bond acceptors (Lipinski definition) is 2. The van der Waals surface area contributed by atoms with Gasteiger partial charge in [0.15, 0.2) is 6.29 Å². The lowest BCUT2D eigenvalue weighted by Crippen LogP contribution is -2.34. The number of rotatable bonds is 4. The van der Waals surface area contributed by atoms with E-state index in [1.807, 2.05) is 18.2 Å². The van der Waals surface area contributed by atoms with Crippen molar-refractivity contribution >= 4 is 23.6 Å². The molecule has 1 aliphatic heterocycles. The summed E-state index contributed by atoms with van der Waals surface area (Å²) in [6.07, 6.45) is 5.89. The van der Waals surface area contributed by atoms with Crippen molar-refractivity contribution in [2.24, 2.45) is 5.92 Å². The third-order valence-corrected chi connectivity index (χ3v) is 4.08. The van der Waals surface area contributed by atoms with E-state index >= 15 is 0 Å². The van der Waals surface area contributed by atoms with Crippen molar-refractivity contribution in [1.82, 2.24) is 0 Å². The van der Waals surface area contributed by atoms with E-state index in [0.29, 0.717) is 10.6 Å². The summed E-state index contributed by atoms with van der Waals surface area (Å²) < 4.78 is 0. The largest absolute Gasteiger partial charge is 0.370 e. The Bertz CT molecular complexity index is 411. The summed E-state index contributed by atoms with van der Waals surface area (Å²) in [6.45, 7) is 4.26. The number of piperidine rings is 1. The minimum absolute atomic E-state index is 0.688. The molecule has 98 valence electrons. The summed E-state index contributed by atoms with van der Waals surface area (Å²) in [5.41, 5.74) is 1.63. The molecule has 2 nitrogen and oxygen atoms in total. The van der Waals surface area contributed by atoms with Gasteiger partial charge in [0.25, 0.3) is 0 Å². The first-order valence-electron chi connectivity index (χ1n) is 6.75. The summed E-state index contributed by atoms with van der Waals surface area (Å²) in [4.78, 5) is 13.4. The van der Waals surface area contributed by atoms with Crippen molar-refractivity contribution < 1.29 is 4.79 Å². The molecule has 0 spiro atoms. The molecule has 3 heteroatoms. The Labute approximate surface area is 114 Å². The minimum Gasteiger partial charge on any atom is -0.370 e. The van der Waals surface area contributed by atoms with E-state index in [1.165, 1.54) is 25.7 Å². The number of benzene rings is 1. The zero-order valence-electron chi connectivity index (χ0n) is 10.9. The van der Waals surface area contributed by atoms with Crippen molar-refractivity contribution in [2.75, 3.05) is 18.0 Å². The van der Waals surface area contributed by atoms with Crippen LogP contribution in [0, 0.1) is 5.92 Å². The topological polar surface area (TPSA) is 20.3 Å². The number of nitrogens with zero attached hydrogens (tertiary/aromatic N) is 1. The van der Waals surface area contributed by atoms with Crippen molar-refractivity contribution in [2.45, 2.75) is 32.6 Å². The Kier molecular flexibility index (Phi) is 4.65. The fourth-order valence-corrected chi connectivity index (χ4v) is 3.12. The van der Waals surface area contributed by atoms with E-state index in [2.05, 4.69) is 11.8 Å². The van der Waals surface area contributed by atoms with Gasteiger partial charge in [-0.2, -0.15) is 0 Å². The van der Waals surface area contributed by atoms with Crippen LogP contribution >= 0.6 is 11.6 Å². The maximum Gasteiger partial charge on any atom is 0.152 e. The lowest BCUT2D eigenvalue weighted by atomic mass is 9.92. The molecule has 18 heavy (non-hydrogen) atoms. The van der Waals surface area contributed by atoms with Gasteiger partial charge in [-0.1, -0.05) is 37.4 Å². The summed E-state index contributed by atoms with van der Waals surface area (Å²) in [7, 11) is 0. The standard InChI is InChI=1S/C15H20ClNO/c1-2-4-12-7-9-17(10-8-12)15-13(11-18)5-3-6-14(15)16/h3,5-6,11-12H,2,4,7-10H2,1H3. The van der Waals surface area contributed by atoms with Crippen molar-refractivity contribution in [3.05, 3.63) is 28.8 Å². The average Bonchev–Trinajstić information content (AvgIpc) is 2.40. The minimum atomic E-state index is 0.688. The van der Waals surface area contributed by atoms with Gasteiger partial charge >= 0.3 is 0 Å². The van der Waals surface area contributed by atoms with Gasteiger partial charge in [-0.15, -0.1) is 0 Å². The number of hydrogen-bond donors (Lipinski definition) is 0. The van der Waals surface area contributed by atoms with Crippen LogP contribution in [0.2, 0.25) is 5.02 Å². The van der Waals surface area contributed by atoms with Crippen LogP contribution in [0.1, 0.15) is 43.0 Å². The molecule has 0 radical (unpaired) electrons. The highest BCUT2D eigenvalue weighted by Crippen LogP contribution is 2.33. The van der Waals surface area contributed by atoms with E-state index in [0.717, 1.165) is 31.0 Å². The fraction of sp³-hybridized carbons (Fsp3) is 0.533. The van der Waals surface area contributed by atoms with Gasteiger partial charge in [0.2, 0.25) is 0 Å². The van der Waals surface area contributed by atoms with E-state index in [-0.39, 0.29) is 0 Å². The number of aldehydes is 1. The SMILES string of the molecule is CCCC1CCN(c2c(Cl)cccc2C=O)CC1. The smallest absolute Gasteiger partial charge is 0.152 e. The quantitative estimate of drug-likeness (QED) is 0.762. The molecule has 1 saturated heterocycles. The Morgan fingerprint density at radius 3 is 2.72 bits per heavy atom. The summed E-state index contributed by atoms with van der Waals surface area (Å²) in [5, 5.41) is 0.688. The van der Waals surface area contributed by atoms with Gasteiger partial charge in [0.1, 0.15) is 0 Å². The van der Waals surface area contributed by atoms with Crippen LogP contribution < -0.4 is 4.90 Å². The van der Waals surface area contributed by atoms with Crippen molar-refractivity contribution in [3.63, 3.8) is 0 Å². The van der Waals surface area contributed by atoms with E-state index < -0.39 is 0 Å². The lowest BCUT2D eigenvalue weighted by Gasteiger charge is -2.34. The zero-order valence-corrected chi connectivity index (χ0v) is 11.6. The summed E-state index contributed by atoms with van der Waals surface area (Å²) in [5.74, 6) is 0.841. The maximum atomic E-state index is 11.1. The third kappa shape index (κ3) is 2.86. The normalized spacial score (nSPS) is 16.9.